The van der Waals surface area contributed by atoms with Gasteiger partial charge in [-0.2, -0.15) is 0 Å². The molecule has 0 aromatic rings. The summed E-state index contributed by atoms with van der Waals surface area (Å²) < 4.78 is 5.38. The summed E-state index contributed by atoms with van der Waals surface area (Å²) in [4.78, 5) is 12.3. The molecule has 0 spiro atoms. The first-order chi connectivity index (χ1) is 6.20. The summed E-state index contributed by atoms with van der Waals surface area (Å²) in [7, 11) is 1.58. The van der Waals surface area contributed by atoms with E-state index in [2.05, 4.69) is 5.32 Å². The van der Waals surface area contributed by atoms with Gasteiger partial charge >= 0.3 is 6.09 Å². The number of nitrogens with one attached hydrogen (secondary N) is 1. The zero-order chi connectivity index (χ0) is 9.47. The third kappa shape index (κ3) is 1.04. The third-order valence-corrected chi connectivity index (χ3v) is 3.15. The molecule has 0 radical (unpaired) electrons. The van der Waals surface area contributed by atoms with Crippen LogP contribution >= 0.6 is 0 Å². The lowest BCUT2D eigenvalue weighted by molar-refractivity contribution is -0.101. The van der Waals surface area contributed by atoms with Crippen molar-refractivity contribution in [3.8, 4) is 0 Å². The largest absolute Gasteiger partial charge is 0.465 e. The molecule has 2 aliphatic rings. The number of nitrogens with zero attached hydrogens (tertiary/aromatic N) is 1. The zero-order valence-electron chi connectivity index (χ0n) is 7.62. The van der Waals surface area contributed by atoms with Crippen LogP contribution in [0.15, 0.2) is 0 Å². The van der Waals surface area contributed by atoms with Crippen LogP contribution in [0.3, 0.4) is 0 Å². The number of methoxy groups -OCH3 is 1. The molecule has 2 atom stereocenters. The molecule has 0 aromatic carbocycles. The summed E-state index contributed by atoms with van der Waals surface area (Å²) in [6.07, 6.45) is 0.0145. The molecule has 5 nitrogen and oxygen atoms in total. The van der Waals surface area contributed by atoms with E-state index in [9.17, 15) is 4.79 Å². The lowest BCUT2D eigenvalue weighted by Gasteiger charge is -2.34. The molecule has 2 heterocycles. The normalized spacial score (nSPS) is 37.9. The van der Waals surface area contributed by atoms with E-state index in [1.54, 1.807) is 7.11 Å². The number of amides is 1. The number of hydrogen-bond donors (Lipinski definition) is 2. The van der Waals surface area contributed by atoms with Crippen LogP contribution < -0.4 is 5.32 Å². The summed E-state index contributed by atoms with van der Waals surface area (Å²) in [5.74, 6) is 0.314. The molecule has 0 bridgehead atoms. The third-order valence-electron chi connectivity index (χ3n) is 3.15. The van der Waals surface area contributed by atoms with Crippen LogP contribution in [-0.2, 0) is 4.74 Å². The fourth-order valence-corrected chi connectivity index (χ4v) is 2.45. The molecular weight excluding hydrogens is 172 g/mol. The number of likely N-dealkylation sites (tertiary alicyclic amines) is 1. The number of ether oxygens (including phenoxy) is 1. The first-order valence-electron chi connectivity index (χ1n) is 4.47. The van der Waals surface area contributed by atoms with Crippen molar-refractivity contribution in [1.82, 2.24) is 10.2 Å². The maximum Gasteiger partial charge on any atom is 0.409 e. The van der Waals surface area contributed by atoms with Crippen LogP contribution in [-0.4, -0.2) is 48.6 Å². The van der Waals surface area contributed by atoms with Crippen molar-refractivity contribution < 1.29 is 14.6 Å². The SMILES string of the molecule is COC12CNCC1CCN2C(=O)O. The van der Waals surface area contributed by atoms with Crippen molar-refractivity contribution in [1.29, 1.82) is 0 Å². The Labute approximate surface area is 76.7 Å². The second kappa shape index (κ2) is 2.85. The maximum atomic E-state index is 10.9. The van der Waals surface area contributed by atoms with Gasteiger partial charge in [0, 0.05) is 32.7 Å². The van der Waals surface area contributed by atoms with Gasteiger partial charge in [-0.15, -0.1) is 0 Å². The van der Waals surface area contributed by atoms with E-state index in [1.807, 2.05) is 0 Å². The van der Waals surface area contributed by atoms with Crippen LogP contribution in [0.4, 0.5) is 4.79 Å². The molecule has 2 saturated heterocycles. The zero-order valence-corrected chi connectivity index (χ0v) is 7.62. The Morgan fingerprint density at radius 3 is 3.15 bits per heavy atom. The van der Waals surface area contributed by atoms with E-state index in [-0.39, 0.29) is 0 Å². The van der Waals surface area contributed by atoms with Crippen LogP contribution in [0.5, 0.6) is 0 Å². The molecule has 1 amide bonds. The van der Waals surface area contributed by atoms with E-state index < -0.39 is 11.8 Å². The Balaban J connectivity index is 2.26. The van der Waals surface area contributed by atoms with E-state index in [1.165, 1.54) is 4.90 Å². The first-order valence-corrected chi connectivity index (χ1v) is 4.47. The number of carboxylic acid groups (broad SMARTS) is 1. The fourth-order valence-electron chi connectivity index (χ4n) is 2.45. The van der Waals surface area contributed by atoms with Crippen molar-refractivity contribution >= 4 is 6.09 Å². The summed E-state index contributed by atoms with van der Waals surface area (Å²) in [6, 6.07) is 0. The van der Waals surface area contributed by atoms with Crippen LogP contribution in [0.25, 0.3) is 0 Å². The van der Waals surface area contributed by atoms with Gasteiger partial charge in [-0.3, -0.25) is 4.90 Å². The average molecular weight is 186 g/mol. The fraction of sp³-hybridized carbons (Fsp3) is 0.875. The Bertz CT molecular complexity index is 233. The number of carbonyl (C=O) groups is 1. The molecule has 74 valence electrons. The van der Waals surface area contributed by atoms with E-state index in [0.29, 0.717) is 19.0 Å². The number of rotatable bonds is 1. The van der Waals surface area contributed by atoms with Gasteiger partial charge in [0.1, 0.15) is 0 Å². The molecule has 13 heavy (non-hydrogen) atoms. The van der Waals surface area contributed by atoms with E-state index in [4.69, 9.17) is 9.84 Å². The van der Waals surface area contributed by atoms with Crippen LogP contribution in [0.1, 0.15) is 6.42 Å². The Kier molecular flexibility index (Phi) is 1.92. The van der Waals surface area contributed by atoms with Gasteiger partial charge in [0.15, 0.2) is 5.72 Å². The van der Waals surface area contributed by atoms with Crippen LogP contribution in [0, 0.1) is 5.92 Å². The van der Waals surface area contributed by atoms with Crippen molar-refractivity contribution in [2.75, 3.05) is 26.7 Å². The molecule has 0 saturated carbocycles. The van der Waals surface area contributed by atoms with Gasteiger partial charge < -0.3 is 15.2 Å². The Morgan fingerprint density at radius 2 is 2.54 bits per heavy atom. The number of hydrogen-bond acceptors (Lipinski definition) is 3. The quantitative estimate of drug-likeness (QED) is 0.602. The summed E-state index contributed by atoms with van der Waals surface area (Å²) >= 11 is 0. The molecule has 5 heteroatoms. The molecule has 2 fully saturated rings. The number of fused-ring (bicyclic) bond motifs is 1. The minimum Gasteiger partial charge on any atom is -0.465 e. The van der Waals surface area contributed by atoms with Crippen molar-refractivity contribution in [2.24, 2.45) is 5.92 Å². The maximum absolute atomic E-state index is 10.9. The molecule has 0 aliphatic carbocycles. The minimum absolute atomic E-state index is 0.314. The van der Waals surface area contributed by atoms with Crippen LogP contribution in [0.2, 0.25) is 0 Å². The second-order valence-corrected chi connectivity index (χ2v) is 3.60. The monoisotopic (exact) mass is 186 g/mol. The summed E-state index contributed by atoms with van der Waals surface area (Å²) in [6.45, 7) is 2.06. The second-order valence-electron chi connectivity index (χ2n) is 3.60. The molecule has 0 aromatic heterocycles. The molecular formula is C8H14N2O3. The standard InChI is InChI=1S/C8H14N2O3/c1-13-8-5-9-4-6(8)2-3-10(8)7(11)12/h6,9H,2-5H2,1H3,(H,11,12). The van der Waals surface area contributed by atoms with Crippen molar-refractivity contribution in [3.05, 3.63) is 0 Å². The molecule has 2 N–H and O–H groups in total. The average Bonchev–Trinajstić information content (AvgIpc) is 2.58. The minimum atomic E-state index is -0.881. The summed E-state index contributed by atoms with van der Waals surface area (Å²) in [5.41, 5.74) is -0.591. The van der Waals surface area contributed by atoms with Gasteiger partial charge in [-0.25, -0.2) is 4.79 Å². The highest BCUT2D eigenvalue weighted by Gasteiger charge is 2.54. The van der Waals surface area contributed by atoms with E-state index in [0.717, 1.165) is 13.0 Å². The van der Waals surface area contributed by atoms with Crippen molar-refractivity contribution in [2.45, 2.75) is 12.1 Å². The summed E-state index contributed by atoms with van der Waals surface area (Å²) in [5, 5.41) is 12.1. The predicted octanol–water partition coefficient (Wildman–Crippen LogP) is -0.0678. The van der Waals surface area contributed by atoms with E-state index >= 15 is 0 Å². The molecule has 2 aliphatic heterocycles. The highest BCUT2D eigenvalue weighted by atomic mass is 16.5. The molecule has 2 rings (SSSR count). The Hall–Kier alpha value is -0.810. The van der Waals surface area contributed by atoms with Gasteiger partial charge in [0.05, 0.1) is 0 Å². The molecule has 2 unspecified atom stereocenters. The highest BCUT2D eigenvalue weighted by molar-refractivity contribution is 5.66. The highest BCUT2D eigenvalue weighted by Crippen LogP contribution is 2.38. The van der Waals surface area contributed by atoms with Gasteiger partial charge in [-0.05, 0) is 6.42 Å². The van der Waals surface area contributed by atoms with Gasteiger partial charge in [0.25, 0.3) is 0 Å². The lowest BCUT2D eigenvalue weighted by atomic mass is 10.0. The smallest absolute Gasteiger partial charge is 0.409 e. The lowest BCUT2D eigenvalue weighted by Crippen LogP contribution is -2.52. The first kappa shape index (κ1) is 8.77. The predicted molar refractivity (Wildman–Crippen MR) is 45.4 cm³/mol. The topological polar surface area (TPSA) is 61.8 Å². The Morgan fingerprint density at radius 1 is 1.77 bits per heavy atom. The van der Waals surface area contributed by atoms with Gasteiger partial charge in [0.2, 0.25) is 0 Å². The van der Waals surface area contributed by atoms with Crippen molar-refractivity contribution in [3.63, 3.8) is 0 Å². The van der Waals surface area contributed by atoms with Gasteiger partial charge in [-0.1, -0.05) is 0 Å².